The highest BCUT2D eigenvalue weighted by atomic mass is 79.9. The first kappa shape index (κ1) is 14.3. The highest BCUT2D eigenvalue weighted by Crippen LogP contribution is 2.31. The van der Waals surface area contributed by atoms with E-state index < -0.39 is 5.38 Å². The summed E-state index contributed by atoms with van der Waals surface area (Å²) in [6, 6.07) is 15.6. The first-order valence-corrected chi connectivity index (χ1v) is 7.67. The number of halogens is 2. The SMILES string of the molecule is Cc1ccc(-c2noc(C(Cl)c3ccccc3)n2)c(Br)c1. The van der Waals surface area contributed by atoms with Crippen molar-refractivity contribution in [3.05, 3.63) is 70.0 Å². The van der Waals surface area contributed by atoms with Crippen molar-refractivity contribution in [2.45, 2.75) is 12.3 Å². The molecule has 0 aliphatic heterocycles. The van der Waals surface area contributed by atoms with E-state index in [-0.39, 0.29) is 0 Å². The number of hydrogen-bond donors (Lipinski definition) is 0. The van der Waals surface area contributed by atoms with Crippen molar-refractivity contribution in [3.63, 3.8) is 0 Å². The predicted molar refractivity (Wildman–Crippen MR) is 86.3 cm³/mol. The maximum Gasteiger partial charge on any atom is 0.249 e. The predicted octanol–water partition coefficient (Wildman–Crippen LogP) is 5.14. The molecule has 1 atom stereocenters. The van der Waals surface area contributed by atoms with Crippen LogP contribution in [0, 0.1) is 6.92 Å². The van der Waals surface area contributed by atoms with Gasteiger partial charge in [0.05, 0.1) is 0 Å². The zero-order valence-electron chi connectivity index (χ0n) is 11.3. The van der Waals surface area contributed by atoms with Gasteiger partial charge in [-0.15, -0.1) is 11.6 Å². The molecule has 106 valence electrons. The van der Waals surface area contributed by atoms with Crippen LogP contribution in [0.25, 0.3) is 11.4 Å². The van der Waals surface area contributed by atoms with Crippen molar-refractivity contribution in [1.82, 2.24) is 10.1 Å². The van der Waals surface area contributed by atoms with Gasteiger partial charge in [-0.25, -0.2) is 0 Å². The summed E-state index contributed by atoms with van der Waals surface area (Å²) in [6.07, 6.45) is 0. The maximum atomic E-state index is 6.39. The molecule has 5 heteroatoms. The molecule has 0 aliphatic carbocycles. The highest BCUT2D eigenvalue weighted by molar-refractivity contribution is 9.10. The molecule has 3 nitrogen and oxygen atoms in total. The van der Waals surface area contributed by atoms with Gasteiger partial charge in [0.15, 0.2) is 0 Å². The molecule has 0 fully saturated rings. The van der Waals surface area contributed by atoms with Crippen LogP contribution in [0.3, 0.4) is 0 Å². The molecule has 0 N–H and O–H groups in total. The fraction of sp³-hybridized carbons (Fsp3) is 0.125. The van der Waals surface area contributed by atoms with Gasteiger partial charge in [0, 0.05) is 10.0 Å². The average Bonchev–Trinajstić information content (AvgIpc) is 2.97. The second-order valence-corrected chi connectivity index (χ2v) is 6.00. The van der Waals surface area contributed by atoms with E-state index in [0.29, 0.717) is 11.7 Å². The number of hydrogen-bond acceptors (Lipinski definition) is 3. The van der Waals surface area contributed by atoms with Gasteiger partial charge in [0.1, 0.15) is 5.38 Å². The Morgan fingerprint density at radius 2 is 1.90 bits per heavy atom. The maximum absolute atomic E-state index is 6.39. The second kappa shape index (κ2) is 6.00. The molecule has 0 amide bonds. The van der Waals surface area contributed by atoms with E-state index in [1.54, 1.807) is 0 Å². The number of alkyl halides is 1. The number of aromatic nitrogens is 2. The lowest BCUT2D eigenvalue weighted by atomic mass is 10.1. The van der Waals surface area contributed by atoms with Gasteiger partial charge in [-0.3, -0.25) is 0 Å². The third-order valence-corrected chi connectivity index (χ3v) is 4.21. The monoisotopic (exact) mass is 362 g/mol. The van der Waals surface area contributed by atoms with Crippen molar-refractivity contribution in [2.75, 3.05) is 0 Å². The fourth-order valence-electron chi connectivity index (χ4n) is 2.01. The fourth-order valence-corrected chi connectivity index (χ4v) is 2.92. The van der Waals surface area contributed by atoms with Crippen LogP contribution in [0.2, 0.25) is 0 Å². The van der Waals surface area contributed by atoms with E-state index in [2.05, 4.69) is 26.1 Å². The zero-order chi connectivity index (χ0) is 14.8. The Morgan fingerprint density at radius 3 is 2.62 bits per heavy atom. The lowest BCUT2D eigenvalue weighted by molar-refractivity contribution is 0.383. The molecule has 0 bridgehead atoms. The van der Waals surface area contributed by atoms with Crippen LogP contribution in [0.4, 0.5) is 0 Å². The Hall–Kier alpha value is -1.65. The molecule has 21 heavy (non-hydrogen) atoms. The van der Waals surface area contributed by atoms with Crippen molar-refractivity contribution < 1.29 is 4.52 Å². The number of aryl methyl sites for hydroxylation is 1. The second-order valence-electron chi connectivity index (χ2n) is 4.71. The molecule has 3 rings (SSSR count). The van der Waals surface area contributed by atoms with Crippen molar-refractivity contribution in [1.29, 1.82) is 0 Å². The van der Waals surface area contributed by atoms with E-state index in [9.17, 15) is 0 Å². The Morgan fingerprint density at radius 1 is 1.14 bits per heavy atom. The van der Waals surface area contributed by atoms with Gasteiger partial charge in [0.2, 0.25) is 11.7 Å². The molecule has 1 unspecified atom stereocenters. The largest absolute Gasteiger partial charge is 0.337 e. The zero-order valence-corrected chi connectivity index (χ0v) is 13.6. The first-order chi connectivity index (χ1) is 10.1. The molecule has 0 spiro atoms. The number of rotatable bonds is 3. The third kappa shape index (κ3) is 3.01. The van der Waals surface area contributed by atoms with Gasteiger partial charge in [-0.1, -0.05) is 57.5 Å². The van der Waals surface area contributed by atoms with Gasteiger partial charge in [0.25, 0.3) is 0 Å². The number of nitrogens with zero attached hydrogens (tertiary/aromatic N) is 2. The van der Waals surface area contributed by atoms with E-state index in [1.807, 2.05) is 55.5 Å². The lowest BCUT2D eigenvalue weighted by Crippen LogP contribution is -1.93. The Labute approximate surface area is 136 Å². The van der Waals surface area contributed by atoms with Crippen molar-refractivity contribution in [3.8, 4) is 11.4 Å². The molecule has 1 aromatic heterocycles. The molecule has 0 saturated carbocycles. The molecular formula is C16H12BrClN2O. The first-order valence-electron chi connectivity index (χ1n) is 6.44. The molecule has 0 saturated heterocycles. The summed E-state index contributed by atoms with van der Waals surface area (Å²) in [5, 5.41) is 3.58. The summed E-state index contributed by atoms with van der Waals surface area (Å²) < 4.78 is 6.24. The molecule has 3 aromatic rings. The molecule has 0 radical (unpaired) electrons. The van der Waals surface area contributed by atoms with Gasteiger partial charge in [-0.2, -0.15) is 4.98 Å². The Bertz CT molecular complexity index is 758. The topological polar surface area (TPSA) is 38.9 Å². The summed E-state index contributed by atoms with van der Waals surface area (Å²) >= 11 is 9.91. The van der Waals surface area contributed by atoms with Crippen LogP contribution >= 0.6 is 27.5 Å². The molecule has 1 heterocycles. The van der Waals surface area contributed by atoms with Gasteiger partial charge in [-0.05, 0) is 30.2 Å². The number of benzene rings is 2. The minimum Gasteiger partial charge on any atom is -0.337 e. The standard InChI is InChI=1S/C16H12BrClN2O/c1-10-7-8-12(13(17)9-10)15-19-16(21-20-15)14(18)11-5-3-2-4-6-11/h2-9,14H,1H3. The quantitative estimate of drug-likeness (QED) is 0.605. The van der Waals surface area contributed by atoms with E-state index in [1.165, 1.54) is 0 Å². The van der Waals surface area contributed by atoms with Crippen LogP contribution in [0.5, 0.6) is 0 Å². The van der Waals surface area contributed by atoms with Crippen LogP contribution in [0.15, 0.2) is 57.5 Å². The normalized spacial score (nSPS) is 12.3. The van der Waals surface area contributed by atoms with Crippen molar-refractivity contribution >= 4 is 27.5 Å². The van der Waals surface area contributed by atoms with Crippen LogP contribution in [-0.4, -0.2) is 10.1 Å². The minimum absolute atomic E-state index is 0.394. The highest BCUT2D eigenvalue weighted by Gasteiger charge is 2.19. The summed E-state index contributed by atoms with van der Waals surface area (Å²) in [7, 11) is 0. The molecule has 0 aliphatic rings. The van der Waals surface area contributed by atoms with Crippen LogP contribution in [0.1, 0.15) is 22.4 Å². The van der Waals surface area contributed by atoms with Crippen LogP contribution < -0.4 is 0 Å². The van der Waals surface area contributed by atoms with E-state index in [0.717, 1.165) is 21.2 Å². The summed E-state index contributed by atoms with van der Waals surface area (Å²) in [5.41, 5.74) is 2.97. The van der Waals surface area contributed by atoms with Crippen molar-refractivity contribution in [2.24, 2.45) is 0 Å². The summed E-state index contributed by atoms with van der Waals surface area (Å²) in [6.45, 7) is 2.03. The molecule has 2 aromatic carbocycles. The van der Waals surface area contributed by atoms with Gasteiger partial charge >= 0.3 is 0 Å². The lowest BCUT2D eigenvalue weighted by Gasteiger charge is -2.03. The summed E-state index contributed by atoms with van der Waals surface area (Å²) in [5.74, 6) is 0.920. The van der Waals surface area contributed by atoms with Crippen LogP contribution in [-0.2, 0) is 0 Å². The van der Waals surface area contributed by atoms with Gasteiger partial charge < -0.3 is 4.52 Å². The summed E-state index contributed by atoms with van der Waals surface area (Å²) in [4.78, 5) is 4.41. The average molecular weight is 364 g/mol. The third-order valence-electron chi connectivity index (χ3n) is 3.12. The molecular weight excluding hydrogens is 352 g/mol. The van der Waals surface area contributed by atoms with E-state index in [4.69, 9.17) is 16.1 Å². The minimum atomic E-state index is -0.448. The Kier molecular flexibility index (Phi) is 4.08. The Balaban J connectivity index is 1.93. The van der Waals surface area contributed by atoms with E-state index >= 15 is 0 Å². The smallest absolute Gasteiger partial charge is 0.249 e.